The molecule has 0 bridgehead atoms. The molecule has 2 N–H and O–H groups in total. The van der Waals surface area contributed by atoms with Crippen LogP contribution in [0.2, 0.25) is 0 Å². The molecule has 6 rings (SSSR count). The van der Waals surface area contributed by atoms with Crippen LogP contribution in [-0.2, 0) is 19.1 Å². The first-order valence-electron chi connectivity index (χ1n) is 20.3. The summed E-state index contributed by atoms with van der Waals surface area (Å²) in [5, 5.41) is 8.37. The van der Waals surface area contributed by atoms with Gasteiger partial charge in [-0.1, -0.05) is 74.5 Å². The molecule has 0 saturated carbocycles. The van der Waals surface area contributed by atoms with E-state index in [1.165, 1.54) is 0 Å². The number of para-hydroxylation sites is 4. The lowest BCUT2D eigenvalue weighted by molar-refractivity contribution is -0.151. The Morgan fingerprint density at radius 3 is 1.33 bits per heavy atom. The van der Waals surface area contributed by atoms with E-state index in [4.69, 9.17) is 18.9 Å². The molecule has 0 aliphatic rings. The fraction of sp³-hybridized carbons (Fsp3) is 0.292. The maximum absolute atomic E-state index is 13.1. The van der Waals surface area contributed by atoms with Crippen molar-refractivity contribution >= 4 is 68.1 Å². The van der Waals surface area contributed by atoms with E-state index >= 15 is 0 Å². The van der Waals surface area contributed by atoms with E-state index in [9.17, 15) is 19.2 Å². The van der Waals surface area contributed by atoms with Gasteiger partial charge in [-0.05, 0) is 62.1 Å². The second kappa shape index (κ2) is 20.7. The molecule has 2 aromatic heterocycles. The molecule has 60 heavy (non-hydrogen) atoms. The second-order valence-electron chi connectivity index (χ2n) is 14.3. The van der Waals surface area contributed by atoms with Gasteiger partial charge in [0.2, 0.25) is 0 Å². The topological polar surface area (TPSA) is 155 Å². The van der Waals surface area contributed by atoms with E-state index in [-0.39, 0.29) is 50.8 Å². The SMILES string of the molecule is CCCC(=O)c1cnc2c(OCCOC(=O)CCC(=O)OCCOc3cccc4c(Nc5ccccc5C)c(C(=O)CCC)cnc34)cccc2c1Nc1ccccc1C. The highest BCUT2D eigenvalue weighted by atomic mass is 16.6. The van der Waals surface area contributed by atoms with Gasteiger partial charge in [0.1, 0.15) is 49.0 Å². The van der Waals surface area contributed by atoms with Crippen molar-refractivity contribution in [1.29, 1.82) is 0 Å². The van der Waals surface area contributed by atoms with Gasteiger partial charge >= 0.3 is 11.9 Å². The summed E-state index contributed by atoms with van der Waals surface area (Å²) in [5.41, 5.74) is 7.25. The third kappa shape index (κ3) is 10.6. The van der Waals surface area contributed by atoms with E-state index in [2.05, 4.69) is 20.6 Å². The van der Waals surface area contributed by atoms with Crippen LogP contribution < -0.4 is 20.1 Å². The number of aromatic nitrogens is 2. The predicted octanol–water partition coefficient (Wildman–Crippen LogP) is 10.2. The summed E-state index contributed by atoms with van der Waals surface area (Å²) in [5.74, 6) is -0.199. The molecule has 0 spiro atoms. The molecule has 0 atom stereocenters. The van der Waals surface area contributed by atoms with Gasteiger partial charge in [-0.3, -0.25) is 29.1 Å². The number of esters is 2. The maximum atomic E-state index is 13.1. The van der Waals surface area contributed by atoms with Crippen LogP contribution in [0.3, 0.4) is 0 Å². The quantitative estimate of drug-likeness (QED) is 0.0404. The number of rotatable bonds is 21. The van der Waals surface area contributed by atoms with Crippen molar-refractivity contribution in [3.05, 3.63) is 120 Å². The smallest absolute Gasteiger partial charge is 0.306 e. The number of carbonyl (C=O) groups excluding carboxylic acids is 4. The molecule has 0 aliphatic carbocycles. The van der Waals surface area contributed by atoms with Crippen LogP contribution in [0.1, 0.15) is 84.2 Å². The highest BCUT2D eigenvalue weighted by Crippen LogP contribution is 2.36. The molecule has 4 aromatic carbocycles. The highest BCUT2D eigenvalue weighted by Gasteiger charge is 2.20. The molecule has 310 valence electrons. The van der Waals surface area contributed by atoms with Crippen molar-refractivity contribution in [3.8, 4) is 11.5 Å². The maximum Gasteiger partial charge on any atom is 0.306 e. The van der Waals surface area contributed by atoms with Crippen LogP contribution in [-0.4, -0.2) is 59.9 Å². The van der Waals surface area contributed by atoms with Crippen LogP contribution in [0.5, 0.6) is 11.5 Å². The minimum atomic E-state index is -0.569. The Balaban J connectivity index is 0.985. The Morgan fingerprint density at radius 2 is 0.933 bits per heavy atom. The van der Waals surface area contributed by atoms with Gasteiger partial charge < -0.3 is 29.6 Å². The number of benzene rings is 4. The first kappa shape index (κ1) is 42.8. The number of hydrogen-bond donors (Lipinski definition) is 2. The van der Waals surface area contributed by atoms with Crippen molar-refractivity contribution in [2.75, 3.05) is 37.1 Å². The van der Waals surface area contributed by atoms with Crippen LogP contribution in [0.15, 0.2) is 97.3 Å². The Kier molecular flexibility index (Phi) is 14.8. The van der Waals surface area contributed by atoms with Crippen LogP contribution in [0.4, 0.5) is 22.7 Å². The summed E-state index contributed by atoms with van der Waals surface area (Å²) < 4.78 is 22.6. The van der Waals surface area contributed by atoms with Crippen molar-refractivity contribution < 1.29 is 38.1 Å². The average Bonchev–Trinajstić information content (AvgIpc) is 3.25. The first-order chi connectivity index (χ1) is 29.2. The van der Waals surface area contributed by atoms with Crippen LogP contribution in [0.25, 0.3) is 21.8 Å². The number of carbonyl (C=O) groups is 4. The van der Waals surface area contributed by atoms with Crippen molar-refractivity contribution in [2.45, 2.75) is 66.2 Å². The van der Waals surface area contributed by atoms with Crippen molar-refractivity contribution in [1.82, 2.24) is 9.97 Å². The molecule has 0 aliphatic heterocycles. The number of nitrogens with zero attached hydrogens (tertiary/aromatic N) is 2. The molecule has 12 nitrogen and oxygen atoms in total. The number of ketones is 2. The molecular formula is C48H50N4O8. The van der Waals surface area contributed by atoms with E-state index in [1.54, 1.807) is 24.5 Å². The van der Waals surface area contributed by atoms with Crippen molar-refractivity contribution in [2.24, 2.45) is 0 Å². The van der Waals surface area contributed by atoms with Gasteiger partial charge in [-0.2, -0.15) is 0 Å². The number of pyridine rings is 2. The molecule has 0 unspecified atom stereocenters. The zero-order valence-corrected chi connectivity index (χ0v) is 34.5. The number of Topliss-reactive ketones (excluding diaryl/α,β-unsaturated/α-hetero) is 2. The minimum Gasteiger partial charge on any atom is -0.488 e. The van der Waals surface area contributed by atoms with Crippen molar-refractivity contribution in [3.63, 3.8) is 0 Å². The van der Waals surface area contributed by atoms with Gasteiger partial charge in [-0.15, -0.1) is 0 Å². The first-order valence-corrected chi connectivity index (χ1v) is 20.3. The number of anilines is 4. The highest BCUT2D eigenvalue weighted by molar-refractivity contribution is 6.11. The Labute approximate surface area is 349 Å². The standard InChI is InChI=1S/C48H50N4O8/c1-5-13-39(53)35-29-49-47-33(45(35)51-37-19-9-7-15-31(37)3)17-11-21-41(47)57-25-27-59-43(55)23-24-44(56)60-28-26-58-42-22-12-18-34-46(52-38-20-10-8-16-32(38)4)36(30-50-48(34)42)40(54)14-6-2/h7-12,15-22,29-30H,5-6,13-14,23-28H2,1-4H3,(H,49,51)(H,50,52). The minimum absolute atomic E-state index is 0.00481. The lowest BCUT2D eigenvalue weighted by Crippen LogP contribution is -2.16. The molecule has 0 radical (unpaired) electrons. The Hall–Kier alpha value is -6.82. The number of aryl methyl sites for hydroxylation is 2. The predicted molar refractivity (Wildman–Crippen MR) is 233 cm³/mol. The number of ether oxygens (including phenoxy) is 4. The van der Waals surface area contributed by atoms with Gasteiger partial charge in [0.15, 0.2) is 11.6 Å². The molecule has 2 heterocycles. The molecule has 0 fully saturated rings. The van der Waals surface area contributed by atoms with Gasteiger partial charge in [0.25, 0.3) is 0 Å². The fourth-order valence-electron chi connectivity index (χ4n) is 6.70. The van der Waals surface area contributed by atoms with Gasteiger partial charge in [-0.25, -0.2) is 0 Å². The van der Waals surface area contributed by atoms with Crippen LogP contribution in [0, 0.1) is 13.8 Å². The Morgan fingerprint density at radius 1 is 0.517 bits per heavy atom. The zero-order valence-electron chi connectivity index (χ0n) is 34.5. The fourth-order valence-corrected chi connectivity index (χ4v) is 6.70. The molecule has 12 heteroatoms. The number of hydrogen-bond acceptors (Lipinski definition) is 12. The summed E-state index contributed by atoms with van der Waals surface area (Å²) in [6, 6.07) is 26.7. The molecule has 0 saturated heterocycles. The third-order valence-corrected chi connectivity index (χ3v) is 9.83. The van der Waals surface area contributed by atoms with E-state index in [1.807, 2.05) is 100 Å². The second-order valence-corrected chi connectivity index (χ2v) is 14.3. The van der Waals surface area contributed by atoms with Crippen LogP contribution >= 0.6 is 0 Å². The Bertz CT molecular complexity index is 2330. The summed E-state index contributed by atoms with van der Waals surface area (Å²) in [7, 11) is 0. The summed E-state index contributed by atoms with van der Waals surface area (Å²) in [6.45, 7) is 7.92. The van der Waals surface area contributed by atoms with E-state index in [0.29, 0.717) is 70.7 Å². The summed E-state index contributed by atoms with van der Waals surface area (Å²) in [4.78, 5) is 60.3. The third-order valence-electron chi connectivity index (χ3n) is 9.83. The van der Waals surface area contributed by atoms with E-state index in [0.717, 1.165) is 33.3 Å². The summed E-state index contributed by atoms with van der Waals surface area (Å²) in [6.07, 6.45) is 5.04. The van der Waals surface area contributed by atoms with E-state index < -0.39 is 11.9 Å². The largest absolute Gasteiger partial charge is 0.488 e. The normalized spacial score (nSPS) is 10.9. The number of nitrogens with one attached hydrogen (secondary N) is 2. The zero-order chi connectivity index (χ0) is 42.4. The lowest BCUT2D eigenvalue weighted by atomic mass is 10.0. The monoisotopic (exact) mass is 810 g/mol. The molecule has 6 aromatic rings. The summed E-state index contributed by atoms with van der Waals surface area (Å²) >= 11 is 0. The van der Waals surface area contributed by atoms with Gasteiger partial charge in [0.05, 0.1) is 35.3 Å². The lowest BCUT2D eigenvalue weighted by Gasteiger charge is -2.17. The number of fused-ring (bicyclic) bond motifs is 2. The molecular weight excluding hydrogens is 761 g/mol. The van der Waals surface area contributed by atoms with Gasteiger partial charge in [0, 0.05) is 47.4 Å². The molecule has 0 amide bonds. The average molecular weight is 811 g/mol.